The first-order valence-corrected chi connectivity index (χ1v) is 9.52. The molecular weight excluding hydrogens is 389 g/mol. The Hall–Kier alpha value is -3.26. The fourth-order valence-electron chi connectivity index (χ4n) is 3.53. The van der Waals surface area contributed by atoms with Gasteiger partial charge in [0.25, 0.3) is 11.7 Å². The highest BCUT2D eigenvalue weighted by molar-refractivity contribution is 6.46. The summed E-state index contributed by atoms with van der Waals surface area (Å²) in [7, 11) is 5.18. The molecule has 7 nitrogen and oxygen atoms in total. The van der Waals surface area contributed by atoms with Crippen molar-refractivity contribution in [3.05, 3.63) is 65.2 Å². The van der Waals surface area contributed by atoms with E-state index in [1.807, 2.05) is 19.0 Å². The highest BCUT2D eigenvalue weighted by Gasteiger charge is 2.45. The molecule has 1 fully saturated rings. The lowest BCUT2D eigenvalue weighted by molar-refractivity contribution is -0.139. The Bertz CT molecular complexity index is 976. The second-order valence-electron chi connectivity index (χ2n) is 7.28. The van der Waals surface area contributed by atoms with Crippen LogP contribution in [0.5, 0.6) is 5.75 Å². The van der Waals surface area contributed by atoms with E-state index in [9.17, 15) is 19.1 Å². The van der Waals surface area contributed by atoms with Gasteiger partial charge in [0, 0.05) is 24.5 Å². The fraction of sp³-hybridized carbons (Fsp3) is 0.318. The number of amides is 1. The number of carbonyl (C=O) groups excluding carboxylic acids is 2. The van der Waals surface area contributed by atoms with Crippen molar-refractivity contribution in [3.63, 3.8) is 0 Å². The fourth-order valence-corrected chi connectivity index (χ4v) is 3.53. The van der Waals surface area contributed by atoms with Crippen molar-refractivity contribution in [3.8, 4) is 5.75 Å². The molecular formula is C22H24FN3O4. The van der Waals surface area contributed by atoms with E-state index in [0.717, 1.165) is 12.6 Å². The Morgan fingerprint density at radius 2 is 1.93 bits per heavy atom. The number of hydrogen-bond donors (Lipinski definition) is 1. The molecule has 1 aliphatic rings. The molecule has 8 heteroatoms. The molecule has 158 valence electrons. The molecule has 1 unspecified atom stereocenters. The number of aromatic nitrogens is 1. The summed E-state index contributed by atoms with van der Waals surface area (Å²) in [5.41, 5.74) is 0.670. The van der Waals surface area contributed by atoms with Gasteiger partial charge in [-0.25, -0.2) is 4.39 Å². The average molecular weight is 413 g/mol. The Labute approximate surface area is 174 Å². The summed E-state index contributed by atoms with van der Waals surface area (Å²) in [6.07, 6.45) is 3.77. The molecule has 0 spiro atoms. The minimum absolute atomic E-state index is 0.0152. The lowest BCUT2D eigenvalue weighted by Crippen LogP contribution is -2.32. The van der Waals surface area contributed by atoms with Gasteiger partial charge in [-0.1, -0.05) is 0 Å². The molecule has 1 aliphatic heterocycles. The first-order chi connectivity index (χ1) is 14.3. The van der Waals surface area contributed by atoms with Gasteiger partial charge in [0.15, 0.2) is 11.6 Å². The maximum absolute atomic E-state index is 14.2. The van der Waals surface area contributed by atoms with Crippen LogP contribution in [0.1, 0.15) is 23.6 Å². The van der Waals surface area contributed by atoms with E-state index >= 15 is 0 Å². The zero-order valence-corrected chi connectivity index (χ0v) is 17.1. The third-order valence-electron chi connectivity index (χ3n) is 4.99. The van der Waals surface area contributed by atoms with Gasteiger partial charge >= 0.3 is 0 Å². The number of Topliss-reactive ketones (excluding diaryl/α,β-unsaturated/α-hetero) is 1. The van der Waals surface area contributed by atoms with Crippen LogP contribution in [0.3, 0.4) is 0 Å². The Balaban J connectivity index is 2.08. The second kappa shape index (κ2) is 9.04. The molecule has 0 saturated carbocycles. The number of aliphatic hydroxyl groups is 1. The summed E-state index contributed by atoms with van der Waals surface area (Å²) in [6, 6.07) is 6.49. The predicted octanol–water partition coefficient (Wildman–Crippen LogP) is 2.60. The topological polar surface area (TPSA) is 83.0 Å². The molecule has 1 aromatic heterocycles. The van der Waals surface area contributed by atoms with E-state index in [1.165, 1.54) is 24.1 Å². The van der Waals surface area contributed by atoms with Crippen LogP contribution in [0.15, 0.2) is 48.3 Å². The third kappa shape index (κ3) is 4.18. The van der Waals surface area contributed by atoms with Crippen molar-refractivity contribution in [1.82, 2.24) is 14.8 Å². The van der Waals surface area contributed by atoms with Crippen molar-refractivity contribution in [2.45, 2.75) is 12.5 Å². The number of carbonyl (C=O) groups is 2. The summed E-state index contributed by atoms with van der Waals surface area (Å²) in [6.45, 7) is 1.07. The third-order valence-corrected chi connectivity index (χ3v) is 4.99. The van der Waals surface area contributed by atoms with E-state index in [-0.39, 0.29) is 16.9 Å². The lowest BCUT2D eigenvalue weighted by Gasteiger charge is -2.25. The minimum atomic E-state index is -0.796. The van der Waals surface area contributed by atoms with Crippen LogP contribution in [-0.4, -0.2) is 65.9 Å². The number of nitrogens with zero attached hydrogens (tertiary/aromatic N) is 3. The zero-order valence-electron chi connectivity index (χ0n) is 17.1. The molecule has 1 amide bonds. The summed E-state index contributed by atoms with van der Waals surface area (Å²) >= 11 is 0. The van der Waals surface area contributed by atoms with Gasteiger partial charge in [0.05, 0.1) is 18.7 Å². The molecule has 1 aromatic carbocycles. The predicted molar refractivity (Wildman–Crippen MR) is 109 cm³/mol. The number of ketones is 1. The van der Waals surface area contributed by atoms with E-state index in [1.54, 1.807) is 24.5 Å². The number of pyridine rings is 1. The number of rotatable bonds is 7. The highest BCUT2D eigenvalue weighted by Crippen LogP contribution is 2.39. The van der Waals surface area contributed by atoms with Gasteiger partial charge in [-0.05, 0) is 63.0 Å². The maximum atomic E-state index is 14.2. The smallest absolute Gasteiger partial charge is 0.295 e. The first-order valence-electron chi connectivity index (χ1n) is 9.52. The molecule has 0 radical (unpaired) electrons. The lowest BCUT2D eigenvalue weighted by atomic mass is 9.96. The molecule has 0 bridgehead atoms. The van der Waals surface area contributed by atoms with Crippen LogP contribution < -0.4 is 4.74 Å². The molecule has 1 saturated heterocycles. The van der Waals surface area contributed by atoms with Crippen molar-refractivity contribution < 1.29 is 23.8 Å². The molecule has 1 N–H and O–H groups in total. The SMILES string of the molecule is COc1ccc(C(O)=C2C(=O)C(=O)N(CCCN(C)C)C2c2ccncc2)cc1F. The number of benzene rings is 1. The summed E-state index contributed by atoms with van der Waals surface area (Å²) in [5, 5.41) is 10.9. The number of halogens is 1. The van der Waals surface area contributed by atoms with Crippen molar-refractivity contribution in [2.24, 2.45) is 0 Å². The van der Waals surface area contributed by atoms with E-state index in [4.69, 9.17) is 4.74 Å². The molecule has 2 heterocycles. The van der Waals surface area contributed by atoms with Crippen LogP contribution in [0, 0.1) is 5.82 Å². The molecule has 1 atom stereocenters. The van der Waals surface area contributed by atoms with Crippen LogP contribution in [0.2, 0.25) is 0 Å². The van der Waals surface area contributed by atoms with Gasteiger partial charge in [-0.3, -0.25) is 14.6 Å². The number of likely N-dealkylation sites (tertiary alicyclic amines) is 1. The molecule has 2 aromatic rings. The van der Waals surface area contributed by atoms with Crippen LogP contribution in [0.25, 0.3) is 5.76 Å². The average Bonchev–Trinajstić information content (AvgIpc) is 2.98. The van der Waals surface area contributed by atoms with Gasteiger partial charge in [0.2, 0.25) is 0 Å². The van der Waals surface area contributed by atoms with E-state index in [2.05, 4.69) is 4.98 Å². The van der Waals surface area contributed by atoms with Crippen molar-refractivity contribution in [1.29, 1.82) is 0 Å². The number of hydrogen-bond acceptors (Lipinski definition) is 6. The van der Waals surface area contributed by atoms with Gasteiger partial charge in [-0.2, -0.15) is 0 Å². The van der Waals surface area contributed by atoms with Gasteiger partial charge in [-0.15, -0.1) is 0 Å². The standard InChI is InChI=1S/C22H24FN3O4/c1-25(2)11-4-12-26-19(14-7-9-24-10-8-14)18(21(28)22(26)29)20(27)15-5-6-17(30-3)16(23)13-15/h5-10,13,19,27H,4,11-12H2,1-3H3. The summed E-state index contributed by atoms with van der Waals surface area (Å²) < 4.78 is 19.1. The maximum Gasteiger partial charge on any atom is 0.295 e. The highest BCUT2D eigenvalue weighted by atomic mass is 19.1. The van der Waals surface area contributed by atoms with Crippen LogP contribution in [0.4, 0.5) is 4.39 Å². The number of ether oxygens (including phenoxy) is 1. The van der Waals surface area contributed by atoms with Crippen LogP contribution >= 0.6 is 0 Å². The quantitative estimate of drug-likeness (QED) is 0.427. The summed E-state index contributed by atoms with van der Waals surface area (Å²) in [5.74, 6) is -2.57. The monoisotopic (exact) mass is 413 g/mol. The largest absolute Gasteiger partial charge is 0.507 e. The minimum Gasteiger partial charge on any atom is -0.507 e. The van der Waals surface area contributed by atoms with Crippen molar-refractivity contribution >= 4 is 17.4 Å². The molecule has 0 aliphatic carbocycles. The first kappa shape index (κ1) is 21.4. The van der Waals surface area contributed by atoms with Gasteiger partial charge < -0.3 is 19.6 Å². The Morgan fingerprint density at radius 1 is 1.23 bits per heavy atom. The normalized spacial score (nSPS) is 18.3. The number of methoxy groups -OCH3 is 1. The van der Waals surface area contributed by atoms with Crippen molar-refractivity contribution in [2.75, 3.05) is 34.3 Å². The summed E-state index contributed by atoms with van der Waals surface area (Å²) in [4.78, 5) is 33.1. The number of aliphatic hydroxyl groups excluding tert-OH is 1. The zero-order chi connectivity index (χ0) is 21.8. The van der Waals surface area contributed by atoms with E-state index in [0.29, 0.717) is 18.5 Å². The Morgan fingerprint density at radius 3 is 2.53 bits per heavy atom. The van der Waals surface area contributed by atoms with Crippen LogP contribution in [-0.2, 0) is 9.59 Å². The molecule has 3 rings (SSSR count). The Kier molecular flexibility index (Phi) is 6.47. The molecule has 30 heavy (non-hydrogen) atoms. The second-order valence-corrected chi connectivity index (χ2v) is 7.28. The van der Waals surface area contributed by atoms with Gasteiger partial charge in [0.1, 0.15) is 5.76 Å². The van der Waals surface area contributed by atoms with E-state index < -0.39 is 29.3 Å².